The summed E-state index contributed by atoms with van der Waals surface area (Å²) in [5.41, 5.74) is 1.43. The second-order valence-corrected chi connectivity index (χ2v) is 7.15. The Hall–Kier alpha value is -0.405. The van der Waals surface area contributed by atoms with Crippen molar-refractivity contribution in [1.29, 1.82) is 0 Å². The van der Waals surface area contributed by atoms with Crippen molar-refractivity contribution < 1.29 is 4.65 Å². The van der Waals surface area contributed by atoms with Gasteiger partial charge in [0.15, 0.2) is 0 Å². The second kappa shape index (κ2) is 6.85. The van der Waals surface area contributed by atoms with Crippen LogP contribution in [0.25, 0.3) is 0 Å². The molecule has 1 saturated heterocycles. The predicted molar refractivity (Wildman–Crippen MR) is 84.5 cm³/mol. The molecule has 1 unspecified atom stereocenters. The zero-order chi connectivity index (χ0) is 12.9. The van der Waals surface area contributed by atoms with Gasteiger partial charge < -0.3 is 4.65 Å². The first-order valence-corrected chi connectivity index (χ1v) is 8.70. The topological polar surface area (TPSA) is 9.23 Å². The Bertz CT molecular complexity index is 376. The van der Waals surface area contributed by atoms with Crippen molar-refractivity contribution in [2.75, 3.05) is 6.61 Å². The first-order valence-electron chi connectivity index (χ1n) is 7.75. The third kappa shape index (κ3) is 3.58. The van der Waals surface area contributed by atoms with E-state index in [0.29, 0.717) is 11.4 Å². The van der Waals surface area contributed by atoms with Crippen LogP contribution in [-0.2, 0) is 4.65 Å². The van der Waals surface area contributed by atoms with E-state index < -0.39 is 0 Å². The van der Waals surface area contributed by atoms with Crippen LogP contribution in [0.5, 0.6) is 0 Å². The van der Waals surface area contributed by atoms with Crippen LogP contribution in [0.2, 0.25) is 5.82 Å². The molecule has 1 heterocycles. The van der Waals surface area contributed by atoms with Crippen LogP contribution in [-0.4, -0.2) is 12.8 Å². The zero-order valence-corrected chi connectivity index (χ0v) is 12.4. The van der Waals surface area contributed by atoms with Gasteiger partial charge in [0.2, 0.25) is 0 Å². The van der Waals surface area contributed by atoms with Gasteiger partial charge in [-0.2, -0.15) is 11.6 Å². The van der Waals surface area contributed by atoms with Crippen molar-refractivity contribution in [3.05, 3.63) is 35.9 Å². The molecule has 0 N–H and O–H groups in total. The fourth-order valence-corrected chi connectivity index (χ4v) is 4.72. The van der Waals surface area contributed by atoms with Gasteiger partial charge in [0.1, 0.15) is 0 Å². The molecule has 1 aromatic rings. The molecular weight excluding hydrogens is 251 g/mol. The summed E-state index contributed by atoms with van der Waals surface area (Å²) >= 11 is 2.06. The molecule has 1 aliphatic carbocycles. The average molecular weight is 274 g/mol. The van der Waals surface area contributed by atoms with Crippen molar-refractivity contribution in [1.82, 2.24) is 0 Å². The third-order valence-corrected chi connectivity index (χ3v) is 5.94. The normalized spacial score (nSPS) is 26.1. The Morgan fingerprint density at radius 3 is 2.37 bits per heavy atom. The molecule has 2 aliphatic rings. The molecule has 1 aliphatic heterocycles. The molecule has 2 fully saturated rings. The fraction of sp³-hybridized carbons (Fsp3) is 0.625. The van der Waals surface area contributed by atoms with E-state index in [0.717, 1.165) is 12.4 Å². The molecule has 0 aromatic heterocycles. The summed E-state index contributed by atoms with van der Waals surface area (Å²) in [5, 5.41) is 0.552. The highest BCUT2D eigenvalue weighted by molar-refractivity contribution is 8.25. The van der Waals surface area contributed by atoms with Crippen LogP contribution in [0.3, 0.4) is 0 Å². The summed E-state index contributed by atoms with van der Waals surface area (Å²) in [6.07, 6.45) is 10.3. The summed E-state index contributed by atoms with van der Waals surface area (Å²) in [7, 11) is 0. The molecule has 0 spiro atoms. The van der Waals surface area contributed by atoms with Gasteiger partial charge in [-0.3, -0.25) is 0 Å². The molecule has 1 atom stereocenters. The monoisotopic (exact) mass is 274 g/mol. The molecule has 102 valence electrons. The molecule has 1 nitrogen and oxygen atoms in total. The van der Waals surface area contributed by atoms with E-state index in [1.165, 1.54) is 50.5 Å². The maximum Gasteiger partial charge on any atom is 0.365 e. The van der Waals surface area contributed by atoms with E-state index in [1.54, 1.807) is 0 Å². The summed E-state index contributed by atoms with van der Waals surface area (Å²) in [6, 6.07) is 10.8. The van der Waals surface area contributed by atoms with Gasteiger partial charge in [0, 0.05) is 11.9 Å². The minimum Gasteiger partial charge on any atom is -0.424 e. The first kappa shape index (κ1) is 13.6. The number of hydrogen-bond donors (Lipinski definition) is 0. The van der Waals surface area contributed by atoms with Gasteiger partial charge in [-0.05, 0) is 11.4 Å². The van der Waals surface area contributed by atoms with E-state index in [4.69, 9.17) is 4.65 Å². The minimum absolute atomic E-state index is 0.448. The first-order chi connectivity index (χ1) is 9.43. The summed E-state index contributed by atoms with van der Waals surface area (Å²) < 4.78 is 6.12. The van der Waals surface area contributed by atoms with Crippen LogP contribution >= 0.6 is 11.6 Å². The molecule has 0 radical (unpaired) electrons. The maximum absolute atomic E-state index is 6.12. The summed E-state index contributed by atoms with van der Waals surface area (Å²) in [5.74, 6) is 0.791. The quantitative estimate of drug-likeness (QED) is 0.694. The van der Waals surface area contributed by atoms with Crippen LogP contribution in [0.1, 0.15) is 55.8 Å². The van der Waals surface area contributed by atoms with Gasteiger partial charge >= 0.3 is 6.19 Å². The minimum atomic E-state index is 0.448. The van der Waals surface area contributed by atoms with E-state index in [1.807, 2.05) is 0 Å². The van der Waals surface area contributed by atoms with Crippen LogP contribution in [0, 0.1) is 0 Å². The van der Waals surface area contributed by atoms with Crippen molar-refractivity contribution in [2.24, 2.45) is 0 Å². The smallest absolute Gasteiger partial charge is 0.365 e. The Kier molecular flexibility index (Phi) is 4.89. The van der Waals surface area contributed by atoms with Crippen molar-refractivity contribution in [3.8, 4) is 0 Å². The molecule has 1 saturated carbocycles. The summed E-state index contributed by atoms with van der Waals surface area (Å²) in [6.45, 7) is 0.899. The predicted octanol–water partition coefficient (Wildman–Crippen LogP) is 5.09. The van der Waals surface area contributed by atoms with E-state index in [2.05, 4.69) is 41.9 Å². The van der Waals surface area contributed by atoms with Gasteiger partial charge in [-0.15, -0.1) is 0 Å². The van der Waals surface area contributed by atoms with Gasteiger partial charge in [-0.25, -0.2) is 0 Å². The second-order valence-electron chi connectivity index (χ2n) is 5.84. The van der Waals surface area contributed by atoms with Crippen LogP contribution in [0.4, 0.5) is 0 Å². The largest absolute Gasteiger partial charge is 0.424 e. The Morgan fingerprint density at radius 2 is 1.63 bits per heavy atom. The Morgan fingerprint density at radius 1 is 0.947 bits per heavy atom. The van der Waals surface area contributed by atoms with Gasteiger partial charge in [0.25, 0.3) is 0 Å². The van der Waals surface area contributed by atoms with Crippen LogP contribution < -0.4 is 0 Å². The number of hydrogen-bond acceptors (Lipinski definition) is 2. The highest BCUT2D eigenvalue weighted by Crippen LogP contribution is 2.45. The highest BCUT2D eigenvalue weighted by Gasteiger charge is 2.37. The standard InChI is InChI=1S/C16H23BOS/c1-2-7-11-15(12-8-3-1)17-18-13-16(19-17)14-9-5-4-6-10-14/h4-6,9-10,15-16H,1-3,7-8,11-13H2. The van der Waals surface area contributed by atoms with Crippen molar-refractivity contribution in [3.63, 3.8) is 0 Å². The SMILES string of the molecule is c1ccc(C2COB(C3CCCCCCC3)S2)cc1. The summed E-state index contributed by atoms with van der Waals surface area (Å²) in [4.78, 5) is 0. The lowest BCUT2D eigenvalue weighted by Crippen LogP contribution is -2.18. The molecule has 0 amide bonds. The van der Waals surface area contributed by atoms with Gasteiger partial charge in [0.05, 0.1) is 0 Å². The lowest BCUT2D eigenvalue weighted by Gasteiger charge is -2.21. The van der Waals surface area contributed by atoms with Crippen molar-refractivity contribution >= 4 is 17.8 Å². The Labute approximate surface area is 121 Å². The van der Waals surface area contributed by atoms with Crippen molar-refractivity contribution in [2.45, 2.75) is 56.0 Å². The Balaban J connectivity index is 1.58. The van der Waals surface area contributed by atoms with E-state index >= 15 is 0 Å². The van der Waals surface area contributed by atoms with E-state index in [-0.39, 0.29) is 0 Å². The number of benzene rings is 1. The van der Waals surface area contributed by atoms with E-state index in [9.17, 15) is 0 Å². The third-order valence-electron chi connectivity index (χ3n) is 4.42. The molecule has 0 bridgehead atoms. The zero-order valence-electron chi connectivity index (χ0n) is 11.6. The molecule has 3 rings (SSSR count). The number of rotatable bonds is 2. The van der Waals surface area contributed by atoms with Crippen LogP contribution in [0.15, 0.2) is 30.3 Å². The molecular formula is C16H23BOS. The van der Waals surface area contributed by atoms with Gasteiger partial charge in [-0.1, -0.05) is 75.3 Å². The maximum atomic E-state index is 6.12. The lowest BCUT2D eigenvalue weighted by molar-refractivity contribution is 0.330. The molecule has 19 heavy (non-hydrogen) atoms. The molecule has 1 aromatic carbocycles. The highest BCUT2D eigenvalue weighted by atomic mass is 32.2. The lowest BCUT2D eigenvalue weighted by atomic mass is 9.71. The fourth-order valence-electron chi connectivity index (χ4n) is 3.27. The molecule has 3 heteroatoms. The average Bonchev–Trinajstić information content (AvgIpc) is 2.89.